The van der Waals surface area contributed by atoms with Gasteiger partial charge in [0.2, 0.25) is 0 Å². The summed E-state index contributed by atoms with van der Waals surface area (Å²) in [7, 11) is 0. The Hall–Kier alpha value is -7.92. The van der Waals surface area contributed by atoms with Gasteiger partial charge >= 0.3 is 0 Å². The van der Waals surface area contributed by atoms with E-state index in [1.165, 1.54) is 58.5 Å². The Bertz CT molecular complexity index is 3820. The molecule has 10 aromatic carbocycles. The third-order valence-corrected chi connectivity index (χ3v) is 13.7. The molecule has 0 unspecified atom stereocenters. The van der Waals surface area contributed by atoms with Gasteiger partial charge in [-0.3, -0.25) is 0 Å². The van der Waals surface area contributed by atoms with Crippen molar-refractivity contribution in [2.75, 3.05) is 4.90 Å². The summed E-state index contributed by atoms with van der Waals surface area (Å²) in [5, 5.41) is 9.62. The molecule has 0 radical (unpaired) electrons. The van der Waals surface area contributed by atoms with Crippen LogP contribution in [0.25, 0.3) is 103 Å². The van der Waals surface area contributed by atoms with Crippen LogP contribution in [-0.2, 0) is 0 Å². The van der Waals surface area contributed by atoms with E-state index in [0.29, 0.717) is 0 Å². The van der Waals surface area contributed by atoms with Crippen molar-refractivity contribution < 1.29 is 4.42 Å². The molecule has 0 fully saturated rings. The first-order chi connectivity index (χ1) is 30.7. The molecule has 62 heavy (non-hydrogen) atoms. The third kappa shape index (κ3) is 5.44. The molecule has 0 amide bonds. The number of furan rings is 1. The molecular weight excluding hydrogens is 773 g/mol. The molecule has 290 valence electrons. The molecule has 0 spiro atoms. The van der Waals surface area contributed by atoms with Crippen molar-refractivity contribution in [1.82, 2.24) is 4.57 Å². The van der Waals surface area contributed by atoms with Crippen molar-refractivity contribution in [3.8, 4) is 27.9 Å². The quantitative estimate of drug-likeness (QED) is 0.167. The van der Waals surface area contributed by atoms with Crippen LogP contribution in [0.15, 0.2) is 223 Å². The molecule has 3 nitrogen and oxygen atoms in total. The molecule has 0 saturated carbocycles. The molecule has 13 aromatic rings. The molecule has 0 bridgehead atoms. The Morgan fingerprint density at radius 2 is 0.984 bits per heavy atom. The number of benzene rings is 10. The Balaban J connectivity index is 0.940. The highest BCUT2D eigenvalue weighted by Crippen LogP contribution is 2.45. The number of hydrogen-bond donors (Lipinski definition) is 0. The molecule has 4 heteroatoms. The molecule has 13 rings (SSSR count). The van der Waals surface area contributed by atoms with E-state index < -0.39 is 0 Å². The van der Waals surface area contributed by atoms with Crippen molar-refractivity contribution >= 4 is 103 Å². The lowest BCUT2D eigenvalue weighted by Crippen LogP contribution is -2.10. The predicted octanol–water partition coefficient (Wildman–Crippen LogP) is 17.0. The second-order valence-electron chi connectivity index (χ2n) is 16.1. The van der Waals surface area contributed by atoms with Gasteiger partial charge in [-0.25, -0.2) is 0 Å². The smallest absolute Gasteiger partial charge is 0.143 e. The number of nitrogens with zero attached hydrogens (tertiary/aromatic N) is 2. The fourth-order valence-corrected chi connectivity index (χ4v) is 10.8. The topological polar surface area (TPSA) is 21.3 Å². The number of para-hydroxylation sites is 2. The van der Waals surface area contributed by atoms with E-state index in [-0.39, 0.29) is 0 Å². The minimum absolute atomic E-state index is 0.866. The summed E-state index contributed by atoms with van der Waals surface area (Å²) < 4.78 is 11.7. The number of anilines is 3. The van der Waals surface area contributed by atoms with Gasteiger partial charge in [0.1, 0.15) is 11.2 Å². The molecule has 0 saturated heterocycles. The Morgan fingerprint density at radius 1 is 0.387 bits per heavy atom. The van der Waals surface area contributed by atoms with Gasteiger partial charge in [-0.05, 0) is 113 Å². The highest BCUT2D eigenvalue weighted by molar-refractivity contribution is 7.25. The van der Waals surface area contributed by atoms with Gasteiger partial charge in [0.25, 0.3) is 0 Å². The highest BCUT2D eigenvalue weighted by Gasteiger charge is 2.21. The van der Waals surface area contributed by atoms with Crippen molar-refractivity contribution in [3.63, 3.8) is 0 Å². The number of thiophene rings is 1. The molecule has 3 heterocycles. The lowest BCUT2D eigenvalue weighted by Gasteiger charge is -2.26. The summed E-state index contributed by atoms with van der Waals surface area (Å²) in [6.07, 6.45) is 0. The monoisotopic (exact) mass is 808 g/mol. The number of hydrogen-bond acceptors (Lipinski definition) is 3. The number of rotatable bonds is 6. The van der Waals surface area contributed by atoms with Gasteiger partial charge in [0.05, 0.1) is 22.1 Å². The number of fused-ring (bicyclic) bond motifs is 11. The fraction of sp³-hybridized carbons (Fsp3) is 0. The lowest BCUT2D eigenvalue weighted by atomic mass is 10.0. The maximum Gasteiger partial charge on any atom is 0.143 e. The zero-order chi connectivity index (χ0) is 40.7. The molecule has 0 atom stereocenters. The van der Waals surface area contributed by atoms with E-state index in [9.17, 15) is 0 Å². The van der Waals surface area contributed by atoms with E-state index in [2.05, 4.69) is 228 Å². The normalized spacial score (nSPS) is 11.9. The lowest BCUT2D eigenvalue weighted by molar-refractivity contribution is 0.672. The van der Waals surface area contributed by atoms with Crippen LogP contribution in [0.2, 0.25) is 0 Å². The zero-order valence-corrected chi connectivity index (χ0v) is 34.3. The molecular formula is C58H36N2OS. The van der Waals surface area contributed by atoms with Crippen molar-refractivity contribution in [2.24, 2.45) is 0 Å². The maximum atomic E-state index is 6.71. The summed E-state index contributed by atoms with van der Waals surface area (Å²) in [4.78, 5) is 2.38. The Morgan fingerprint density at radius 3 is 1.73 bits per heavy atom. The van der Waals surface area contributed by atoms with E-state index in [1.54, 1.807) is 0 Å². The molecule has 0 aliphatic carbocycles. The minimum Gasteiger partial charge on any atom is -0.455 e. The first-order valence-electron chi connectivity index (χ1n) is 21.1. The van der Waals surface area contributed by atoms with Gasteiger partial charge < -0.3 is 13.9 Å². The first-order valence-corrected chi connectivity index (χ1v) is 21.9. The van der Waals surface area contributed by atoms with Crippen LogP contribution < -0.4 is 4.90 Å². The Labute approximate surface area is 361 Å². The van der Waals surface area contributed by atoms with Crippen LogP contribution in [0.5, 0.6) is 0 Å². The van der Waals surface area contributed by atoms with Gasteiger partial charge in [-0.2, -0.15) is 0 Å². The van der Waals surface area contributed by atoms with Crippen LogP contribution in [0.1, 0.15) is 0 Å². The third-order valence-electron chi connectivity index (χ3n) is 12.6. The van der Waals surface area contributed by atoms with E-state index in [1.807, 2.05) is 11.3 Å². The predicted molar refractivity (Wildman–Crippen MR) is 264 cm³/mol. The van der Waals surface area contributed by atoms with E-state index >= 15 is 0 Å². The van der Waals surface area contributed by atoms with Crippen LogP contribution >= 0.6 is 11.3 Å². The van der Waals surface area contributed by atoms with Crippen molar-refractivity contribution in [1.29, 1.82) is 0 Å². The summed E-state index contributed by atoms with van der Waals surface area (Å²) in [6, 6.07) is 79.2. The molecule has 0 aliphatic heterocycles. The van der Waals surface area contributed by atoms with Gasteiger partial charge in [-0.1, -0.05) is 133 Å². The Kier molecular flexibility index (Phi) is 7.78. The van der Waals surface area contributed by atoms with Gasteiger partial charge in [-0.15, -0.1) is 11.3 Å². The maximum absolute atomic E-state index is 6.71. The van der Waals surface area contributed by atoms with Crippen LogP contribution in [0.3, 0.4) is 0 Å². The largest absolute Gasteiger partial charge is 0.455 e. The van der Waals surface area contributed by atoms with Crippen LogP contribution in [-0.4, -0.2) is 4.57 Å². The summed E-state index contributed by atoms with van der Waals surface area (Å²) in [5.74, 6) is 0. The molecule has 3 aromatic heterocycles. The summed E-state index contributed by atoms with van der Waals surface area (Å²) >= 11 is 1.85. The van der Waals surface area contributed by atoms with Crippen molar-refractivity contribution in [2.45, 2.75) is 0 Å². The summed E-state index contributed by atoms with van der Waals surface area (Å²) in [5.41, 5.74) is 13.2. The first kappa shape index (κ1) is 34.9. The fourth-order valence-electron chi connectivity index (χ4n) is 9.69. The zero-order valence-electron chi connectivity index (χ0n) is 33.5. The second-order valence-corrected chi connectivity index (χ2v) is 17.2. The van der Waals surface area contributed by atoms with Crippen molar-refractivity contribution in [3.05, 3.63) is 218 Å². The average Bonchev–Trinajstić information content (AvgIpc) is 4.02. The van der Waals surface area contributed by atoms with Gasteiger partial charge in [0.15, 0.2) is 0 Å². The highest BCUT2D eigenvalue weighted by atomic mass is 32.1. The van der Waals surface area contributed by atoms with Crippen LogP contribution in [0, 0.1) is 0 Å². The van der Waals surface area contributed by atoms with E-state index in [4.69, 9.17) is 4.42 Å². The molecule has 0 aliphatic rings. The van der Waals surface area contributed by atoms with Crippen LogP contribution in [0.4, 0.5) is 17.1 Å². The second kappa shape index (κ2) is 13.8. The summed E-state index contributed by atoms with van der Waals surface area (Å²) in [6.45, 7) is 0. The minimum atomic E-state index is 0.866. The number of aromatic nitrogens is 1. The van der Waals surface area contributed by atoms with E-state index in [0.717, 1.165) is 61.2 Å². The molecule has 0 N–H and O–H groups in total. The van der Waals surface area contributed by atoms with Gasteiger partial charge in [0, 0.05) is 58.8 Å². The average molecular weight is 809 g/mol. The SMILES string of the molecule is c1cc(-c2ccc(N(c3ccc(-c4ccc5sc6ccccc6c5c4)cc3)c3cccc4oc5c6ccccc6ccc5c34)cc2)cc(-n2c3ccccc3c3ccccc32)c1. The standard InChI is InChI=1S/C58H36N2OS/c1-2-14-45-39(11-1)27-33-49-57-53(20-10-21-54(57)61-58(45)49)59(43-31-25-38(26-32-43)41-28-34-56-50(36-41)48-17-5-8-22-55(48)62-56)42-29-23-37(24-30-42)40-12-9-13-44(35-40)60-51-18-6-3-15-46(51)47-16-4-7-19-52(47)60/h1-36H.